The second-order valence-corrected chi connectivity index (χ2v) is 6.80. The van der Waals surface area contributed by atoms with Gasteiger partial charge in [-0.05, 0) is 25.0 Å². The Morgan fingerprint density at radius 2 is 2.00 bits per heavy atom. The summed E-state index contributed by atoms with van der Waals surface area (Å²) in [5.74, 6) is 1.34. The summed E-state index contributed by atoms with van der Waals surface area (Å²) in [5.41, 5.74) is 3.48. The van der Waals surface area contributed by atoms with E-state index < -0.39 is 0 Å². The Balaban J connectivity index is 1.49. The lowest BCUT2D eigenvalue weighted by molar-refractivity contribution is -0.132. The van der Waals surface area contributed by atoms with Crippen molar-refractivity contribution in [3.05, 3.63) is 46.6 Å². The number of nitrogens with zero attached hydrogens (tertiary/aromatic N) is 4. The highest BCUT2D eigenvalue weighted by atomic mass is 16.5. The highest BCUT2D eigenvalue weighted by molar-refractivity contribution is 5.79. The first-order valence-electron chi connectivity index (χ1n) is 8.92. The van der Waals surface area contributed by atoms with E-state index in [1.54, 1.807) is 7.11 Å². The Hall–Kier alpha value is -2.25. The number of rotatable bonds is 6. The van der Waals surface area contributed by atoms with Crippen LogP contribution in [-0.4, -0.2) is 59.1 Å². The zero-order valence-electron chi connectivity index (χ0n) is 15.7. The van der Waals surface area contributed by atoms with Crippen molar-refractivity contribution in [1.29, 1.82) is 0 Å². The molecule has 1 aliphatic heterocycles. The van der Waals surface area contributed by atoms with Gasteiger partial charge in [-0.2, -0.15) is 4.98 Å². The Morgan fingerprint density at radius 1 is 1.23 bits per heavy atom. The third kappa shape index (κ3) is 4.68. The van der Waals surface area contributed by atoms with E-state index in [9.17, 15) is 4.79 Å². The maximum atomic E-state index is 12.6. The molecule has 7 nitrogen and oxygen atoms in total. The van der Waals surface area contributed by atoms with E-state index >= 15 is 0 Å². The fraction of sp³-hybridized carbons (Fsp3) is 0.526. The van der Waals surface area contributed by atoms with Gasteiger partial charge in [-0.1, -0.05) is 28.9 Å². The Bertz CT molecular complexity index is 751. The molecule has 2 aromatic rings. The van der Waals surface area contributed by atoms with Gasteiger partial charge in [-0.15, -0.1) is 0 Å². The molecule has 1 aromatic carbocycles. The van der Waals surface area contributed by atoms with E-state index in [-0.39, 0.29) is 5.91 Å². The van der Waals surface area contributed by atoms with Crippen molar-refractivity contribution >= 4 is 5.91 Å². The van der Waals surface area contributed by atoms with E-state index in [2.05, 4.69) is 47.1 Å². The van der Waals surface area contributed by atoms with Crippen LogP contribution in [0.2, 0.25) is 0 Å². The van der Waals surface area contributed by atoms with Crippen LogP contribution in [0.15, 0.2) is 22.7 Å². The first-order chi connectivity index (χ1) is 12.5. The van der Waals surface area contributed by atoms with Crippen molar-refractivity contribution in [1.82, 2.24) is 19.9 Å². The Labute approximate surface area is 153 Å². The fourth-order valence-corrected chi connectivity index (χ4v) is 3.15. The second kappa shape index (κ2) is 8.42. The first kappa shape index (κ1) is 18.5. The number of amides is 1. The predicted molar refractivity (Wildman–Crippen MR) is 96.5 cm³/mol. The van der Waals surface area contributed by atoms with Crippen LogP contribution >= 0.6 is 0 Å². The zero-order chi connectivity index (χ0) is 18.5. The minimum absolute atomic E-state index is 0.193. The predicted octanol–water partition coefficient (Wildman–Crippen LogP) is 1.72. The van der Waals surface area contributed by atoms with Gasteiger partial charge >= 0.3 is 0 Å². The number of carbonyl (C=O) groups is 1. The van der Waals surface area contributed by atoms with Gasteiger partial charge in [0.1, 0.15) is 6.61 Å². The molecular formula is C19H26N4O3. The molecule has 0 aliphatic carbocycles. The van der Waals surface area contributed by atoms with Crippen molar-refractivity contribution in [2.75, 3.05) is 33.3 Å². The average Bonchev–Trinajstić information content (AvgIpc) is 3.06. The number of aryl methyl sites for hydroxylation is 2. The lowest BCUT2D eigenvalue weighted by Crippen LogP contribution is -2.48. The Kier molecular flexibility index (Phi) is 6.00. The van der Waals surface area contributed by atoms with Gasteiger partial charge in [0.15, 0.2) is 5.82 Å². The smallest absolute Gasteiger partial charge is 0.240 e. The summed E-state index contributed by atoms with van der Waals surface area (Å²) in [6.07, 6.45) is 0.470. The molecule has 140 valence electrons. The molecular weight excluding hydrogens is 332 g/mol. The quantitative estimate of drug-likeness (QED) is 0.783. The monoisotopic (exact) mass is 358 g/mol. The van der Waals surface area contributed by atoms with Gasteiger partial charge in [-0.25, -0.2) is 0 Å². The van der Waals surface area contributed by atoms with Crippen LogP contribution in [0.3, 0.4) is 0 Å². The summed E-state index contributed by atoms with van der Waals surface area (Å²) in [6, 6.07) is 6.27. The summed E-state index contributed by atoms with van der Waals surface area (Å²) in [7, 11) is 1.60. The molecule has 0 bridgehead atoms. The molecule has 1 aromatic heterocycles. The molecule has 7 heteroatoms. The van der Waals surface area contributed by atoms with Crippen molar-refractivity contribution in [3.8, 4) is 0 Å². The SMILES string of the molecule is COCc1noc(CN2CCN(C(=O)Cc3cc(C)ccc3C)CC2)n1. The normalized spacial score (nSPS) is 15.4. The highest BCUT2D eigenvalue weighted by Crippen LogP contribution is 2.14. The lowest BCUT2D eigenvalue weighted by atomic mass is 10.0. The van der Waals surface area contributed by atoms with Crippen molar-refractivity contribution in [2.24, 2.45) is 0 Å². The van der Waals surface area contributed by atoms with Gasteiger partial charge in [0, 0.05) is 33.3 Å². The van der Waals surface area contributed by atoms with E-state index in [0.29, 0.717) is 31.3 Å². The molecule has 0 N–H and O–H groups in total. The van der Waals surface area contributed by atoms with Crippen LogP contribution in [0.5, 0.6) is 0 Å². The number of piperazine rings is 1. The summed E-state index contributed by atoms with van der Waals surface area (Å²) in [5, 5.41) is 3.87. The molecule has 0 spiro atoms. The third-order valence-corrected chi connectivity index (χ3v) is 4.71. The van der Waals surface area contributed by atoms with Crippen LogP contribution < -0.4 is 0 Å². The maximum absolute atomic E-state index is 12.6. The van der Waals surface area contributed by atoms with Gasteiger partial charge in [0.2, 0.25) is 11.8 Å². The fourth-order valence-electron chi connectivity index (χ4n) is 3.15. The molecule has 0 radical (unpaired) electrons. The van der Waals surface area contributed by atoms with E-state index in [1.807, 2.05) is 4.90 Å². The summed E-state index contributed by atoms with van der Waals surface area (Å²) in [6.45, 7) is 8.14. The number of methoxy groups -OCH3 is 1. The molecule has 3 rings (SSSR count). The van der Waals surface area contributed by atoms with Crippen LogP contribution in [-0.2, 0) is 29.1 Å². The minimum atomic E-state index is 0.193. The number of hydrogen-bond acceptors (Lipinski definition) is 6. The van der Waals surface area contributed by atoms with Crippen LogP contribution in [0.1, 0.15) is 28.4 Å². The van der Waals surface area contributed by atoms with Gasteiger partial charge < -0.3 is 14.2 Å². The standard InChI is InChI=1S/C19H26N4O3/c1-14-4-5-15(2)16(10-14)11-19(24)23-8-6-22(7-9-23)12-18-20-17(13-25-3)21-26-18/h4-5,10H,6-9,11-13H2,1-3H3. The molecule has 1 amide bonds. The largest absolute Gasteiger partial charge is 0.377 e. The second-order valence-electron chi connectivity index (χ2n) is 6.80. The van der Waals surface area contributed by atoms with Crippen LogP contribution in [0.4, 0.5) is 0 Å². The zero-order valence-corrected chi connectivity index (χ0v) is 15.7. The molecule has 1 saturated heterocycles. The summed E-state index contributed by atoms with van der Waals surface area (Å²) in [4.78, 5) is 21.1. The lowest BCUT2D eigenvalue weighted by Gasteiger charge is -2.34. The highest BCUT2D eigenvalue weighted by Gasteiger charge is 2.23. The van der Waals surface area contributed by atoms with E-state index in [4.69, 9.17) is 9.26 Å². The Morgan fingerprint density at radius 3 is 2.73 bits per heavy atom. The molecule has 1 fully saturated rings. The maximum Gasteiger partial charge on any atom is 0.240 e. The molecule has 0 atom stereocenters. The van der Waals surface area contributed by atoms with Gasteiger partial charge in [-0.3, -0.25) is 9.69 Å². The van der Waals surface area contributed by atoms with E-state index in [1.165, 1.54) is 11.1 Å². The number of hydrogen-bond donors (Lipinski definition) is 0. The minimum Gasteiger partial charge on any atom is -0.377 e. The van der Waals surface area contributed by atoms with Crippen LogP contribution in [0, 0.1) is 13.8 Å². The van der Waals surface area contributed by atoms with Gasteiger partial charge in [0.25, 0.3) is 0 Å². The van der Waals surface area contributed by atoms with Crippen molar-refractivity contribution < 1.29 is 14.1 Å². The van der Waals surface area contributed by atoms with E-state index in [0.717, 1.165) is 31.7 Å². The van der Waals surface area contributed by atoms with Crippen molar-refractivity contribution in [2.45, 2.75) is 33.4 Å². The molecule has 0 unspecified atom stereocenters. The topological polar surface area (TPSA) is 71.7 Å². The van der Waals surface area contributed by atoms with Crippen molar-refractivity contribution in [3.63, 3.8) is 0 Å². The number of ether oxygens (including phenoxy) is 1. The number of aromatic nitrogens is 2. The van der Waals surface area contributed by atoms with Gasteiger partial charge in [0.05, 0.1) is 13.0 Å². The van der Waals surface area contributed by atoms with Crippen LogP contribution in [0.25, 0.3) is 0 Å². The average molecular weight is 358 g/mol. The third-order valence-electron chi connectivity index (χ3n) is 4.71. The molecule has 1 aliphatic rings. The number of benzene rings is 1. The molecule has 2 heterocycles. The summed E-state index contributed by atoms with van der Waals surface area (Å²) >= 11 is 0. The summed E-state index contributed by atoms with van der Waals surface area (Å²) < 4.78 is 10.2. The first-order valence-corrected chi connectivity index (χ1v) is 8.92. The molecule has 0 saturated carbocycles. The molecule has 26 heavy (non-hydrogen) atoms. The number of carbonyl (C=O) groups excluding carboxylic acids is 1.